The van der Waals surface area contributed by atoms with Crippen LogP contribution in [0.5, 0.6) is 0 Å². The van der Waals surface area contributed by atoms with E-state index in [0.717, 1.165) is 4.90 Å². The van der Waals surface area contributed by atoms with E-state index in [1.165, 1.54) is 7.05 Å². The number of carbonyl (C=O) groups excluding carboxylic acids is 3. The zero-order valence-corrected chi connectivity index (χ0v) is 14.8. The molecule has 0 saturated carbocycles. The maximum atomic E-state index is 12.4. The minimum atomic E-state index is -0.631. The zero-order valence-electron chi connectivity index (χ0n) is 13.9. The monoisotopic (exact) mass is 327 g/mol. The summed E-state index contributed by atoms with van der Waals surface area (Å²) < 4.78 is 5.08. The second-order valence-corrected chi connectivity index (χ2v) is 6.24. The Morgan fingerprint density at radius 2 is 1.55 bits per heavy atom. The van der Waals surface area contributed by atoms with Gasteiger partial charge in [-0.15, -0.1) is 0 Å². The second-order valence-electron chi connectivity index (χ2n) is 6.06. The van der Waals surface area contributed by atoms with Crippen molar-refractivity contribution in [3.05, 3.63) is 11.3 Å². The van der Waals surface area contributed by atoms with Gasteiger partial charge in [0.15, 0.2) is 5.78 Å². The number of amides is 2. The van der Waals surface area contributed by atoms with E-state index in [2.05, 4.69) is 12.9 Å². The van der Waals surface area contributed by atoms with Crippen molar-refractivity contribution in [3.63, 3.8) is 0 Å². The quantitative estimate of drug-likeness (QED) is 0.481. The first-order valence-corrected chi connectivity index (χ1v) is 8.03. The molecule has 1 heterocycles. The number of nitrogens with zero attached hydrogens (tertiary/aromatic N) is 1. The van der Waals surface area contributed by atoms with Crippen molar-refractivity contribution in [1.82, 2.24) is 4.90 Å². The minimum absolute atomic E-state index is 0.0412. The minimum Gasteiger partial charge on any atom is -0.433 e. The molecule has 1 saturated heterocycles. The van der Waals surface area contributed by atoms with Gasteiger partial charge in [0.2, 0.25) is 11.8 Å². The zero-order chi connectivity index (χ0) is 17.1. The van der Waals surface area contributed by atoms with Crippen LogP contribution in [0.25, 0.3) is 0 Å². The fourth-order valence-electron chi connectivity index (χ4n) is 3.15. The SMILES string of the molecule is CC.CC(C)C1=C(OS)CC2(CC1=O)CC(=O)N(C)C(=O)C2. The summed E-state index contributed by atoms with van der Waals surface area (Å²) in [6, 6.07) is 0. The van der Waals surface area contributed by atoms with Crippen LogP contribution in [-0.4, -0.2) is 29.5 Å². The number of allylic oxidation sites excluding steroid dienone is 2. The van der Waals surface area contributed by atoms with Gasteiger partial charge < -0.3 is 4.18 Å². The third-order valence-electron chi connectivity index (χ3n) is 4.16. The van der Waals surface area contributed by atoms with E-state index in [0.29, 0.717) is 17.8 Å². The highest BCUT2D eigenvalue weighted by Gasteiger charge is 2.48. The molecule has 6 heteroatoms. The van der Waals surface area contributed by atoms with E-state index in [9.17, 15) is 14.4 Å². The van der Waals surface area contributed by atoms with E-state index < -0.39 is 5.41 Å². The van der Waals surface area contributed by atoms with Crippen molar-refractivity contribution in [3.8, 4) is 0 Å². The van der Waals surface area contributed by atoms with Crippen molar-refractivity contribution in [2.45, 2.75) is 53.4 Å². The Balaban J connectivity index is 0.00000116. The molecular formula is C16H25NO4S. The van der Waals surface area contributed by atoms with Gasteiger partial charge in [-0.1, -0.05) is 27.7 Å². The lowest BCUT2D eigenvalue weighted by molar-refractivity contribution is -0.152. The lowest BCUT2D eigenvalue weighted by atomic mass is 9.66. The molecule has 2 aliphatic rings. The Labute approximate surface area is 137 Å². The van der Waals surface area contributed by atoms with Crippen molar-refractivity contribution in [2.24, 2.45) is 11.3 Å². The number of piperidine rings is 1. The lowest BCUT2D eigenvalue weighted by Gasteiger charge is -2.41. The first-order valence-electron chi connectivity index (χ1n) is 7.67. The maximum Gasteiger partial charge on any atom is 0.229 e. The number of ketones is 1. The number of imide groups is 1. The largest absolute Gasteiger partial charge is 0.433 e. The molecule has 0 N–H and O–H groups in total. The number of hydrogen-bond donors (Lipinski definition) is 1. The van der Waals surface area contributed by atoms with Gasteiger partial charge >= 0.3 is 0 Å². The van der Waals surface area contributed by atoms with Crippen LogP contribution >= 0.6 is 12.9 Å². The molecule has 1 spiro atoms. The maximum absolute atomic E-state index is 12.4. The van der Waals surface area contributed by atoms with Crippen molar-refractivity contribution in [2.75, 3.05) is 7.05 Å². The van der Waals surface area contributed by atoms with E-state index in [-0.39, 0.29) is 42.8 Å². The van der Waals surface area contributed by atoms with Crippen molar-refractivity contribution >= 4 is 30.5 Å². The molecule has 0 bridgehead atoms. The Morgan fingerprint density at radius 3 is 1.95 bits per heavy atom. The number of rotatable bonds is 2. The fraction of sp³-hybridized carbons (Fsp3) is 0.688. The lowest BCUT2D eigenvalue weighted by Crippen LogP contribution is -2.48. The topological polar surface area (TPSA) is 63.7 Å². The molecule has 1 aliphatic heterocycles. The van der Waals surface area contributed by atoms with E-state index in [4.69, 9.17) is 4.18 Å². The van der Waals surface area contributed by atoms with Crippen LogP contribution in [0.4, 0.5) is 0 Å². The van der Waals surface area contributed by atoms with Crippen molar-refractivity contribution < 1.29 is 18.6 Å². The molecule has 1 fully saturated rings. The van der Waals surface area contributed by atoms with Gasteiger partial charge in [0, 0.05) is 56.6 Å². The number of likely N-dealkylation sites (tertiary alicyclic amines) is 1. The normalized spacial score (nSPS) is 21.2. The van der Waals surface area contributed by atoms with Crippen LogP contribution in [-0.2, 0) is 18.6 Å². The summed E-state index contributed by atoms with van der Waals surface area (Å²) in [7, 11) is 1.48. The average molecular weight is 327 g/mol. The van der Waals surface area contributed by atoms with Crippen LogP contribution in [0.2, 0.25) is 0 Å². The van der Waals surface area contributed by atoms with E-state index in [1.54, 1.807) is 0 Å². The molecule has 22 heavy (non-hydrogen) atoms. The van der Waals surface area contributed by atoms with Crippen LogP contribution in [0.3, 0.4) is 0 Å². The van der Waals surface area contributed by atoms with Crippen LogP contribution in [0.1, 0.15) is 53.4 Å². The van der Waals surface area contributed by atoms with Crippen LogP contribution < -0.4 is 0 Å². The van der Waals surface area contributed by atoms with Gasteiger partial charge in [0.1, 0.15) is 5.76 Å². The third-order valence-corrected chi connectivity index (χ3v) is 4.38. The van der Waals surface area contributed by atoms with Gasteiger partial charge in [0.05, 0.1) is 0 Å². The molecule has 0 aromatic carbocycles. The molecule has 2 amide bonds. The van der Waals surface area contributed by atoms with Gasteiger partial charge in [-0.3, -0.25) is 19.3 Å². The molecule has 0 aromatic rings. The smallest absolute Gasteiger partial charge is 0.229 e. The summed E-state index contributed by atoms with van der Waals surface area (Å²) in [5.41, 5.74) is -0.00162. The summed E-state index contributed by atoms with van der Waals surface area (Å²) in [5.74, 6) is 0.0333. The van der Waals surface area contributed by atoms with Gasteiger partial charge in [-0.25, -0.2) is 0 Å². The summed E-state index contributed by atoms with van der Waals surface area (Å²) >= 11 is 3.83. The molecule has 5 nitrogen and oxygen atoms in total. The summed E-state index contributed by atoms with van der Waals surface area (Å²) in [4.78, 5) is 37.3. The average Bonchev–Trinajstić information content (AvgIpc) is 2.45. The predicted molar refractivity (Wildman–Crippen MR) is 87.0 cm³/mol. The van der Waals surface area contributed by atoms with Gasteiger partial charge in [-0.05, 0) is 5.92 Å². The summed E-state index contributed by atoms with van der Waals surface area (Å²) in [6.07, 6.45) is 1.05. The Hall–Kier alpha value is -1.30. The van der Waals surface area contributed by atoms with E-state index in [1.807, 2.05) is 27.7 Å². The standard InChI is InChI=1S/C14H19NO4S.C2H6/c1-8(2)13-9(16)4-14(5-10(13)19-20)6-11(17)15(3)12(18)7-14;1-2/h8,20H,4-7H2,1-3H3;1-2H3. The number of thiol groups is 1. The first kappa shape index (κ1) is 18.7. The number of Topliss-reactive ketones (excluding diaryl/α,β-unsaturated/α-hetero) is 1. The van der Waals surface area contributed by atoms with Crippen molar-refractivity contribution in [1.29, 1.82) is 0 Å². The Kier molecular flexibility index (Phi) is 6.23. The second kappa shape index (κ2) is 7.31. The molecule has 1 aliphatic carbocycles. The molecule has 0 atom stereocenters. The van der Waals surface area contributed by atoms with Gasteiger partial charge in [0.25, 0.3) is 0 Å². The van der Waals surface area contributed by atoms with Crippen LogP contribution in [0, 0.1) is 11.3 Å². The highest BCUT2D eigenvalue weighted by atomic mass is 32.1. The van der Waals surface area contributed by atoms with Gasteiger partial charge in [-0.2, -0.15) is 0 Å². The molecule has 2 rings (SSSR count). The molecule has 124 valence electrons. The number of hydrogen-bond acceptors (Lipinski definition) is 5. The summed E-state index contributed by atoms with van der Waals surface area (Å²) in [5, 5.41) is 0. The highest BCUT2D eigenvalue weighted by Crippen LogP contribution is 2.47. The third kappa shape index (κ3) is 3.54. The number of carbonyl (C=O) groups is 3. The van der Waals surface area contributed by atoms with E-state index >= 15 is 0 Å². The fourth-order valence-corrected chi connectivity index (χ4v) is 3.31. The molecule has 0 aromatic heterocycles. The first-order chi connectivity index (χ1) is 10.3. The predicted octanol–water partition coefficient (Wildman–Crippen LogP) is 2.91. The Morgan fingerprint density at radius 1 is 1.05 bits per heavy atom. The highest BCUT2D eigenvalue weighted by molar-refractivity contribution is 7.75. The molecule has 0 radical (unpaired) electrons. The summed E-state index contributed by atoms with van der Waals surface area (Å²) in [6.45, 7) is 7.84. The Bertz CT molecular complexity index is 492. The molecular weight excluding hydrogens is 302 g/mol. The molecule has 0 unspecified atom stereocenters. The van der Waals surface area contributed by atoms with Crippen LogP contribution in [0.15, 0.2) is 11.3 Å².